The van der Waals surface area contributed by atoms with Crippen molar-refractivity contribution in [1.82, 2.24) is 4.98 Å². The minimum Gasteiger partial charge on any atom is -0.327 e. The third-order valence-corrected chi connectivity index (χ3v) is 3.57. The van der Waals surface area contributed by atoms with Crippen LogP contribution in [0.3, 0.4) is 0 Å². The Morgan fingerprint density at radius 1 is 1.56 bits per heavy atom. The zero-order valence-corrected chi connectivity index (χ0v) is 10.4. The molecule has 0 radical (unpaired) electrons. The van der Waals surface area contributed by atoms with Gasteiger partial charge in [0.15, 0.2) is 0 Å². The van der Waals surface area contributed by atoms with Crippen LogP contribution in [0.1, 0.15) is 19.3 Å². The van der Waals surface area contributed by atoms with E-state index in [1.54, 1.807) is 18.5 Å². The van der Waals surface area contributed by atoms with Crippen molar-refractivity contribution in [2.45, 2.75) is 25.3 Å². The van der Waals surface area contributed by atoms with E-state index in [0.29, 0.717) is 0 Å². The number of carbonyl (C=O) groups excluding carboxylic acids is 1. The standard InChI is InChI=1S/C11H14BrN3O/c12-8-6-14-5-4-10(8)15-11(16)7-2-1-3-9(7)13/h4-7,9H,1-3,13H2,(H,14,15,16). The number of nitrogens with two attached hydrogens (primary N) is 1. The van der Waals surface area contributed by atoms with Crippen molar-refractivity contribution in [2.75, 3.05) is 5.32 Å². The van der Waals surface area contributed by atoms with Gasteiger partial charge < -0.3 is 11.1 Å². The average Bonchev–Trinajstić information content (AvgIpc) is 2.68. The van der Waals surface area contributed by atoms with Crippen LogP contribution in [0.2, 0.25) is 0 Å². The number of carbonyl (C=O) groups is 1. The van der Waals surface area contributed by atoms with E-state index in [1.165, 1.54) is 0 Å². The molecule has 0 spiro atoms. The highest BCUT2D eigenvalue weighted by molar-refractivity contribution is 9.10. The van der Waals surface area contributed by atoms with E-state index in [4.69, 9.17) is 5.73 Å². The Labute approximate surface area is 103 Å². The number of nitrogens with one attached hydrogen (secondary N) is 1. The number of aromatic nitrogens is 1. The van der Waals surface area contributed by atoms with E-state index >= 15 is 0 Å². The van der Waals surface area contributed by atoms with Crippen LogP contribution in [0.4, 0.5) is 5.69 Å². The molecule has 3 N–H and O–H groups in total. The summed E-state index contributed by atoms with van der Waals surface area (Å²) >= 11 is 3.34. The Bertz CT molecular complexity index is 397. The van der Waals surface area contributed by atoms with Gasteiger partial charge in [-0.05, 0) is 34.8 Å². The lowest BCUT2D eigenvalue weighted by atomic mass is 10.0. The van der Waals surface area contributed by atoms with Gasteiger partial charge in [-0.3, -0.25) is 9.78 Å². The molecule has 1 fully saturated rings. The first-order chi connectivity index (χ1) is 7.68. The van der Waals surface area contributed by atoms with Crippen molar-refractivity contribution in [1.29, 1.82) is 0 Å². The van der Waals surface area contributed by atoms with Crippen LogP contribution in [0.15, 0.2) is 22.9 Å². The monoisotopic (exact) mass is 283 g/mol. The lowest BCUT2D eigenvalue weighted by Crippen LogP contribution is -2.34. The lowest BCUT2D eigenvalue weighted by molar-refractivity contribution is -0.120. The Kier molecular flexibility index (Phi) is 3.56. The molecule has 4 nitrogen and oxygen atoms in total. The van der Waals surface area contributed by atoms with Gasteiger partial charge in [-0.1, -0.05) is 6.42 Å². The average molecular weight is 284 g/mol. The number of rotatable bonds is 2. The van der Waals surface area contributed by atoms with Crippen LogP contribution in [0.5, 0.6) is 0 Å². The SMILES string of the molecule is NC1CCCC1C(=O)Nc1ccncc1Br. The summed E-state index contributed by atoms with van der Waals surface area (Å²) in [6.07, 6.45) is 6.17. The molecule has 0 saturated heterocycles. The van der Waals surface area contributed by atoms with Crippen molar-refractivity contribution >= 4 is 27.5 Å². The third-order valence-electron chi connectivity index (χ3n) is 2.94. The van der Waals surface area contributed by atoms with Crippen LogP contribution in [0, 0.1) is 5.92 Å². The zero-order valence-electron chi connectivity index (χ0n) is 8.82. The summed E-state index contributed by atoms with van der Waals surface area (Å²) in [5.41, 5.74) is 6.64. The highest BCUT2D eigenvalue weighted by atomic mass is 79.9. The lowest BCUT2D eigenvalue weighted by Gasteiger charge is -2.15. The molecule has 1 amide bonds. The van der Waals surface area contributed by atoms with Gasteiger partial charge in [-0.2, -0.15) is 0 Å². The van der Waals surface area contributed by atoms with Crippen molar-refractivity contribution < 1.29 is 4.79 Å². The molecular formula is C11H14BrN3O. The fraction of sp³-hybridized carbons (Fsp3) is 0.455. The second kappa shape index (κ2) is 4.93. The Balaban J connectivity index is 2.05. The first kappa shape index (κ1) is 11.5. The summed E-state index contributed by atoms with van der Waals surface area (Å²) in [5, 5.41) is 2.88. The highest BCUT2D eigenvalue weighted by Crippen LogP contribution is 2.27. The second-order valence-electron chi connectivity index (χ2n) is 4.05. The summed E-state index contributed by atoms with van der Waals surface area (Å²) in [5.74, 6) is -0.0445. The van der Waals surface area contributed by atoms with Crippen molar-refractivity contribution in [2.24, 2.45) is 11.7 Å². The molecule has 2 unspecified atom stereocenters. The molecule has 1 aliphatic carbocycles. The molecule has 2 rings (SSSR count). The maximum Gasteiger partial charge on any atom is 0.229 e. The van der Waals surface area contributed by atoms with Crippen molar-refractivity contribution in [3.63, 3.8) is 0 Å². The number of hydrogen-bond donors (Lipinski definition) is 2. The van der Waals surface area contributed by atoms with E-state index in [0.717, 1.165) is 29.4 Å². The number of hydrogen-bond acceptors (Lipinski definition) is 3. The van der Waals surface area contributed by atoms with Gasteiger partial charge >= 0.3 is 0 Å². The zero-order chi connectivity index (χ0) is 11.5. The summed E-state index contributed by atoms with van der Waals surface area (Å²) < 4.78 is 0.787. The summed E-state index contributed by atoms with van der Waals surface area (Å²) in [7, 11) is 0. The molecule has 1 aromatic heterocycles. The molecule has 0 aliphatic heterocycles. The van der Waals surface area contributed by atoms with E-state index < -0.39 is 0 Å². The van der Waals surface area contributed by atoms with Gasteiger partial charge in [0.1, 0.15) is 0 Å². The molecule has 16 heavy (non-hydrogen) atoms. The summed E-state index contributed by atoms with van der Waals surface area (Å²) in [6.45, 7) is 0. The molecule has 5 heteroatoms. The van der Waals surface area contributed by atoms with E-state index in [-0.39, 0.29) is 17.9 Å². The maximum atomic E-state index is 11.9. The predicted octanol–water partition coefficient (Wildman–Crippen LogP) is 1.91. The number of halogens is 1. The van der Waals surface area contributed by atoms with Crippen LogP contribution >= 0.6 is 15.9 Å². The maximum absolute atomic E-state index is 11.9. The fourth-order valence-electron chi connectivity index (χ4n) is 2.02. The number of anilines is 1. The largest absolute Gasteiger partial charge is 0.327 e. The molecule has 0 bridgehead atoms. The first-order valence-corrected chi connectivity index (χ1v) is 6.14. The fourth-order valence-corrected chi connectivity index (χ4v) is 2.37. The van der Waals surface area contributed by atoms with E-state index in [1.807, 2.05) is 0 Å². The molecule has 1 aliphatic rings. The minimum atomic E-state index is -0.0555. The third kappa shape index (κ3) is 2.41. The van der Waals surface area contributed by atoms with Crippen molar-refractivity contribution in [3.8, 4) is 0 Å². The molecule has 1 saturated carbocycles. The van der Waals surface area contributed by atoms with Crippen LogP contribution in [-0.2, 0) is 4.79 Å². The highest BCUT2D eigenvalue weighted by Gasteiger charge is 2.30. The smallest absolute Gasteiger partial charge is 0.229 e. The predicted molar refractivity (Wildman–Crippen MR) is 65.9 cm³/mol. The minimum absolute atomic E-state index is 0.000567. The quantitative estimate of drug-likeness (QED) is 0.871. The normalized spacial score (nSPS) is 24.4. The Morgan fingerprint density at radius 3 is 3.00 bits per heavy atom. The number of amides is 1. The molecule has 0 aromatic carbocycles. The van der Waals surface area contributed by atoms with Crippen molar-refractivity contribution in [3.05, 3.63) is 22.9 Å². The Morgan fingerprint density at radius 2 is 2.38 bits per heavy atom. The molecular weight excluding hydrogens is 270 g/mol. The van der Waals surface area contributed by atoms with Gasteiger partial charge in [0.25, 0.3) is 0 Å². The van der Waals surface area contributed by atoms with Crippen LogP contribution < -0.4 is 11.1 Å². The molecule has 2 atom stereocenters. The van der Waals surface area contributed by atoms with Crippen LogP contribution in [-0.4, -0.2) is 16.9 Å². The van der Waals surface area contributed by atoms with Gasteiger partial charge in [0, 0.05) is 18.4 Å². The number of pyridine rings is 1. The van der Waals surface area contributed by atoms with Gasteiger partial charge in [-0.15, -0.1) is 0 Å². The van der Waals surface area contributed by atoms with E-state index in [2.05, 4.69) is 26.2 Å². The second-order valence-corrected chi connectivity index (χ2v) is 4.90. The first-order valence-electron chi connectivity index (χ1n) is 5.34. The number of nitrogens with zero attached hydrogens (tertiary/aromatic N) is 1. The van der Waals surface area contributed by atoms with Crippen LogP contribution in [0.25, 0.3) is 0 Å². The Hall–Kier alpha value is -0.940. The van der Waals surface area contributed by atoms with E-state index in [9.17, 15) is 4.79 Å². The summed E-state index contributed by atoms with van der Waals surface area (Å²) in [4.78, 5) is 15.9. The van der Waals surface area contributed by atoms with Gasteiger partial charge in [0.05, 0.1) is 16.1 Å². The van der Waals surface area contributed by atoms with Gasteiger partial charge in [-0.25, -0.2) is 0 Å². The summed E-state index contributed by atoms with van der Waals surface area (Å²) in [6, 6.07) is 1.77. The molecule has 1 aromatic rings. The van der Waals surface area contributed by atoms with Gasteiger partial charge in [0.2, 0.25) is 5.91 Å². The molecule has 86 valence electrons. The topological polar surface area (TPSA) is 68.0 Å². The molecule has 1 heterocycles.